The molecule has 4 saturated carbocycles. The first-order valence-electron chi connectivity index (χ1n) is 11.0. The van der Waals surface area contributed by atoms with Crippen LogP contribution in [0.3, 0.4) is 0 Å². The average Bonchev–Trinajstić information content (AvgIpc) is 3.18. The Kier molecular flexibility index (Phi) is 3.88. The van der Waals surface area contributed by atoms with Crippen molar-refractivity contribution in [2.75, 3.05) is 6.61 Å². The van der Waals surface area contributed by atoms with Gasteiger partial charge in [0.2, 0.25) is 0 Å². The van der Waals surface area contributed by atoms with Crippen molar-refractivity contribution in [2.45, 2.75) is 77.7 Å². The highest BCUT2D eigenvalue weighted by Gasteiger charge is 2.60. The van der Waals surface area contributed by atoms with Crippen LogP contribution in [0.1, 0.15) is 71.6 Å². The molecule has 4 aliphatic carbocycles. The number of carbonyl (C=O) groups excluding carboxylic acids is 1. The zero-order valence-electron chi connectivity index (χ0n) is 16.5. The predicted molar refractivity (Wildman–Crippen MR) is 102 cm³/mol. The van der Waals surface area contributed by atoms with Gasteiger partial charge in [0.05, 0.1) is 0 Å². The molecule has 0 aromatic carbocycles. The van der Waals surface area contributed by atoms with E-state index in [9.17, 15) is 4.79 Å². The number of rotatable bonds is 1. The van der Waals surface area contributed by atoms with Crippen LogP contribution in [-0.2, 0) is 9.53 Å². The molecule has 0 aromatic rings. The molecule has 0 bridgehead atoms. The highest BCUT2D eigenvalue weighted by Crippen LogP contribution is 2.68. The van der Waals surface area contributed by atoms with E-state index in [0.29, 0.717) is 29.4 Å². The highest BCUT2D eigenvalue weighted by molar-refractivity contribution is 5.85. The van der Waals surface area contributed by atoms with Crippen molar-refractivity contribution < 1.29 is 9.53 Å². The normalized spacial score (nSPS) is 53.3. The fourth-order valence-corrected chi connectivity index (χ4v) is 8.49. The lowest BCUT2D eigenvalue weighted by Gasteiger charge is -2.61. The van der Waals surface area contributed by atoms with Crippen LogP contribution in [0.15, 0.2) is 11.6 Å². The lowest BCUT2D eigenvalue weighted by molar-refractivity contribution is -0.135. The van der Waals surface area contributed by atoms with Gasteiger partial charge in [-0.2, -0.15) is 0 Å². The summed E-state index contributed by atoms with van der Waals surface area (Å²) in [7, 11) is 0. The van der Waals surface area contributed by atoms with Crippen molar-refractivity contribution in [3.8, 4) is 0 Å². The van der Waals surface area contributed by atoms with Gasteiger partial charge in [0, 0.05) is 12.1 Å². The van der Waals surface area contributed by atoms with Crippen molar-refractivity contribution in [1.29, 1.82) is 0 Å². The Hall–Kier alpha value is -0.830. The van der Waals surface area contributed by atoms with E-state index in [1.54, 1.807) is 0 Å². The molecule has 144 valence electrons. The minimum atomic E-state index is -0.118. The summed E-state index contributed by atoms with van der Waals surface area (Å²) in [4.78, 5) is 11.6. The van der Waals surface area contributed by atoms with Crippen LogP contribution in [0.4, 0.5) is 0 Å². The average molecular weight is 358 g/mol. The fourth-order valence-electron chi connectivity index (χ4n) is 8.49. The van der Waals surface area contributed by atoms with E-state index in [1.807, 2.05) is 6.08 Å². The van der Waals surface area contributed by atoms with Crippen LogP contribution in [0, 0.1) is 40.4 Å². The van der Waals surface area contributed by atoms with Gasteiger partial charge in [0.15, 0.2) is 0 Å². The van der Waals surface area contributed by atoms with Gasteiger partial charge in [0.1, 0.15) is 6.61 Å². The van der Waals surface area contributed by atoms with Gasteiger partial charge in [0.25, 0.3) is 0 Å². The smallest absolute Gasteiger partial charge is 0.331 e. The van der Waals surface area contributed by atoms with Gasteiger partial charge in [-0.25, -0.2) is 4.79 Å². The molecule has 1 heterocycles. The molecule has 0 aromatic heterocycles. The first-order valence-corrected chi connectivity index (χ1v) is 11.0. The third-order valence-electron chi connectivity index (χ3n) is 9.84. The van der Waals surface area contributed by atoms with Crippen molar-refractivity contribution in [3.05, 3.63) is 11.6 Å². The Labute approximate surface area is 158 Å². The largest absolute Gasteiger partial charge is 0.458 e. The third kappa shape index (κ3) is 2.31. The quantitative estimate of drug-likeness (QED) is 0.705. The molecule has 3 heteroatoms. The van der Waals surface area contributed by atoms with Crippen LogP contribution < -0.4 is 5.73 Å². The molecule has 3 nitrogen and oxygen atoms in total. The van der Waals surface area contributed by atoms with Crippen LogP contribution in [0.5, 0.6) is 0 Å². The molecule has 0 radical (unpaired) electrons. The van der Waals surface area contributed by atoms with Gasteiger partial charge < -0.3 is 10.5 Å². The van der Waals surface area contributed by atoms with Crippen molar-refractivity contribution in [1.82, 2.24) is 0 Å². The Bertz CT molecular complexity index is 642. The van der Waals surface area contributed by atoms with Crippen molar-refractivity contribution >= 4 is 5.97 Å². The molecule has 0 amide bonds. The lowest BCUT2D eigenvalue weighted by Crippen LogP contribution is -2.54. The predicted octanol–water partition coefficient (Wildman–Crippen LogP) is 4.46. The SMILES string of the molecule is C[C@]12CC[C@H]3[C@@H](CCC4CC(N)CC[C@@]43C)[C@@H]1CC[C@@H]2C1=CC(=O)OC1. The van der Waals surface area contributed by atoms with E-state index < -0.39 is 0 Å². The lowest BCUT2D eigenvalue weighted by atomic mass is 9.44. The summed E-state index contributed by atoms with van der Waals surface area (Å²) in [6.45, 7) is 5.71. The summed E-state index contributed by atoms with van der Waals surface area (Å²) in [6.07, 6.45) is 13.8. The van der Waals surface area contributed by atoms with Crippen LogP contribution in [0.25, 0.3) is 0 Å². The summed E-state index contributed by atoms with van der Waals surface area (Å²) < 4.78 is 5.26. The number of carbonyl (C=O) groups is 1. The van der Waals surface area contributed by atoms with E-state index in [2.05, 4.69) is 13.8 Å². The topological polar surface area (TPSA) is 52.3 Å². The Morgan fingerprint density at radius 1 is 1.00 bits per heavy atom. The van der Waals surface area contributed by atoms with E-state index in [-0.39, 0.29) is 5.97 Å². The molecule has 2 unspecified atom stereocenters. The Morgan fingerprint density at radius 3 is 2.54 bits per heavy atom. The number of nitrogens with two attached hydrogens (primary N) is 1. The molecule has 0 saturated heterocycles. The zero-order chi connectivity index (χ0) is 18.1. The first-order chi connectivity index (χ1) is 12.4. The minimum absolute atomic E-state index is 0.118. The molecular weight excluding hydrogens is 322 g/mol. The van der Waals surface area contributed by atoms with Crippen LogP contribution >= 0.6 is 0 Å². The summed E-state index contributed by atoms with van der Waals surface area (Å²) in [6, 6.07) is 0.446. The minimum Gasteiger partial charge on any atom is -0.458 e. The summed E-state index contributed by atoms with van der Waals surface area (Å²) in [5.41, 5.74) is 8.54. The van der Waals surface area contributed by atoms with Crippen molar-refractivity contribution in [2.24, 2.45) is 46.2 Å². The molecule has 0 spiro atoms. The van der Waals surface area contributed by atoms with E-state index in [4.69, 9.17) is 10.5 Å². The molecule has 4 fully saturated rings. The standard InChI is InChI=1S/C23H35NO2/c1-22-9-7-16(24)12-15(22)3-4-17-19-6-5-18(14-11-21(25)26-13-14)23(19,2)10-8-20(17)22/h11,15-20H,3-10,12-13,24H2,1-2H3/t15?,16?,17-,18+,19-,20-,22-,23+/m0/s1. The molecule has 5 aliphatic rings. The summed E-state index contributed by atoms with van der Waals surface area (Å²) in [5.74, 6) is 3.96. The molecular formula is C23H35NO2. The van der Waals surface area contributed by atoms with E-state index in [0.717, 1.165) is 23.7 Å². The first kappa shape index (κ1) is 17.3. The molecule has 8 atom stereocenters. The molecule has 5 rings (SSSR count). The van der Waals surface area contributed by atoms with Crippen LogP contribution in [-0.4, -0.2) is 18.6 Å². The van der Waals surface area contributed by atoms with Gasteiger partial charge >= 0.3 is 5.97 Å². The van der Waals surface area contributed by atoms with Gasteiger partial charge in [-0.3, -0.25) is 0 Å². The monoisotopic (exact) mass is 357 g/mol. The number of fused-ring (bicyclic) bond motifs is 5. The van der Waals surface area contributed by atoms with Crippen LogP contribution in [0.2, 0.25) is 0 Å². The Morgan fingerprint density at radius 2 is 1.77 bits per heavy atom. The van der Waals surface area contributed by atoms with E-state index in [1.165, 1.54) is 63.4 Å². The number of hydrogen-bond acceptors (Lipinski definition) is 3. The van der Waals surface area contributed by atoms with Gasteiger partial charge in [-0.05, 0) is 104 Å². The summed E-state index contributed by atoms with van der Waals surface area (Å²) in [5, 5.41) is 0. The summed E-state index contributed by atoms with van der Waals surface area (Å²) >= 11 is 0. The van der Waals surface area contributed by atoms with Crippen molar-refractivity contribution in [3.63, 3.8) is 0 Å². The molecule has 26 heavy (non-hydrogen) atoms. The maximum Gasteiger partial charge on any atom is 0.331 e. The third-order valence-corrected chi connectivity index (χ3v) is 9.84. The zero-order valence-corrected chi connectivity index (χ0v) is 16.5. The second-order valence-corrected chi connectivity index (χ2v) is 10.7. The highest BCUT2D eigenvalue weighted by atomic mass is 16.5. The van der Waals surface area contributed by atoms with E-state index >= 15 is 0 Å². The van der Waals surface area contributed by atoms with Gasteiger partial charge in [-0.1, -0.05) is 13.8 Å². The van der Waals surface area contributed by atoms with Gasteiger partial charge in [-0.15, -0.1) is 0 Å². The molecule has 1 aliphatic heterocycles. The number of ether oxygens (including phenoxy) is 1. The molecule has 2 N–H and O–H groups in total. The number of cyclic esters (lactones) is 1. The second-order valence-electron chi connectivity index (χ2n) is 10.7. The maximum atomic E-state index is 11.6. The second kappa shape index (κ2) is 5.83. The number of hydrogen-bond donors (Lipinski definition) is 1. The number of esters is 1. The maximum absolute atomic E-state index is 11.6. The fraction of sp³-hybridized carbons (Fsp3) is 0.870. The Balaban J connectivity index is 1.41.